The van der Waals surface area contributed by atoms with Crippen molar-refractivity contribution in [1.82, 2.24) is 9.97 Å². The van der Waals surface area contributed by atoms with Crippen LogP contribution >= 0.6 is 0 Å². The zero-order chi connectivity index (χ0) is 25.4. The number of nitrogens with zero attached hydrogens (tertiary/aromatic N) is 2. The normalized spacial score (nSPS) is 20.8. The number of methoxy groups -OCH3 is 1. The SMILES string of the molecule is COC(=O)c1cnc(CC(=O)[C@H](C[C@H]2CCC(=O)C2)c2ccc(S(=O)(=O)C3CC3)c(C3CC3)c2)cn1. The minimum Gasteiger partial charge on any atom is -0.464 e. The molecule has 5 rings (SSSR count). The van der Waals surface area contributed by atoms with Crippen molar-refractivity contribution in [1.29, 1.82) is 0 Å². The monoisotopic (exact) mass is 510 g/mol. The Balaban J connectivity index is 1.44. The summed E-state index contributed by atoms with van der Waals surface area (Å²) in [4.78, 5) is 45.8. The Hall–Kier alpha value is -2.94. The molecule has 36 heavy (non-hydrogen) atoms. The second-order valence-electron chi connectivity index (χ2n) is 10.3. The Kier molecular flexibility index (Phi) is 6.76. The quantitative estimate of drug-likeness (QED) is 0.444. The van der Waals surface area contributed by atoms with Crippen LogP contribution in [0.4, 0.5) is 0 Å². The van der Waals surface area contributed by atoms with Crippen LogP contribution in [0.1, 0.15) is 90.5 Å². The molecule has 2 atom stereocenters. The van der Waals surface area contributed by atoms with Crippen molar-refractivity contribution >= 4 is 27.4 Å². The lowest BCUT2D eigenvalue weighted by atomic mass is 9.83. The van der Waals surface area contributed by atoms with E-state index in [0.717, 1.165) is 30.4 Å². The van der Waals surface area contributed by atoms with Crippen molar-refractivity contribution in [2.45, 2.75) is 79.8 Å². The number of benzene rings is 1. The first-order valence-corrected chi connectivity index (χ1v) is 14.1. The molecular formula is C27H30N2O6S. The molecule has 0 bridgehead atoms. The molecule has 1 heterocycles. The first kappa shape index (κ1) is 24.7. The summed E-state index contributed by atoms with van der Waals surface area (Å²) in [6.07, 6.45) is 8.37. The molecule has 0 spiro atoms. The summed E-state index contributed by atoms with van der Waals surface area (Å²) in [5.74, 6) is -0.572. The topological polar surface area (TPSA) is 120 Å². The van der Waals surface area contributed by atoms with Gasteiger partial charge >= 0.3 is 5.97 Å². The van der Waals surface area contributed by atoms with Crippen molar-refractivity contribution in [2.75, 3.05) is 7.11 Å². The predicted molar refractivity (Wildman–Crippen MR) is 130 cm³/mol. The van der Waals surface area contributed by atoms with Gasteiger partial charge in [0, 0.05) is 25.0 Å². The number of esters is 1. The van der Waals surface area contributed by atoms with E-state index in [-0.39, 0.29) is 40.8 Å². The molecule has 8 nitrogen and oxygen atoms in total. The van der Waals surface area contributed by atoms with Gasteiger partial charge in [0.1, 0.15) is 11.6 Å². The number of ketones is 2. The smallest absolute Gasteiger partial charge is 0.358 e. The van der Waals surface area contributed by atoms with Crippen LogP contribution in [-0.4, -0.2) is 48.3 Å². The van der Waals surface area contributed by atoms with Gasteiger partial charge in [0.15, 0.2) is 15.5 Å². The minimum atomic E-state index is -3.34. The molecule has 0 amide bonds. The Morgan fingerprint density at radius 1 is 1.08 bits per heavy atom. The number of hydrogen-bond donors (Lipinski definition) is 0. The molecule has 1 aromatic carbocycles. The largest absolute Gasteiger partial charge is 0.464 e. The standard InChI is InChI=1S/C27H30N2O6S/c1-35-27(32)24-15-28-19(14-29-24)13-25(31)22(11-16-2-6-20(30)10-16)18-5-9-26(23(12-18)17-3-4-17)36(33,34)21-7-8-21/h5,9,12,14-17,21-22H,2-4,6-8,10-11,13H2,1H3/t16-,22+/m0/s1. The molecule has 0 saturated heterocycles. The van der Waals surface area contributed by atoms with E-state index in [1.807, 2.05) is 6.07 Å². The third kappa shape index (κ3) is 5.26. The van der Waals surface area contributed by atoms with E-state index >= 15 is 0 Å². The van der Waals surface area contributed by atoms with Gasteiger partial charge in [-0.25, -0.2) is 18.2 Å². The van der Waals surface area contributed by atoms with Gasteiger partial charge in [0.2, 0.25) is 0 Å². The summed E-state index contributed by atoms with van der Waals surface area (Å²) in [6.45, 7) is 0. The predicted octanol–water partition coefficient (Wildman–Crippen LogP) is 3.73. The van der Waals surface area contributed by atoms with Crippen molar-refractivity contribution in [3.63, 3.8) is 0 Å². The second-order valence-corrected chi connectivity index (χ2v) is 12.5. The van der Waals surface area contributed by atoms with Gasteiger partial charge in [0.05, 0.1) is 35.6 Å². The molecule has 1 aromatic heterocycles. The molecule has 0 unspecified atom stereocenters. The van der Waals surface area contributed by atoms with Gasteiger partial charge < -0.3 is 4.74 Å². The van der Waals surface area contributed by atoms with Gasteiger partial charge in [-0.2, -0.15) is 0 Å². The Labute approximate surface area is 210 Å². The van der Waals surface area contributed by atoms with E-state index in [9.17, 15) is 22.8 Å². The molecule has 0 N–H and O–H groups in total. The zero-order valence-electron chi connectivity index (χ0n) is 20.3. The van der Waals surface area contributed by atoms with Crippen LogP contribution in [0.5, 0.6) is 0 Å². The molecule has 3 aliphatic rings. The summed E-state index contributed by atoms with van der Waals surface area (Å²) in [5.41, 5.74) is 2.14. The number of aromatic nitrogens is 2. The van der Waals surface area contributed by atoms with Gasteiger partial charge in [-0.15, -0.1) is 0 Å². The lowest BCUT2D eigenvalue weighted by molar-refractivity contribution is -0.121. The fourth-order valence-electron chi connectivity index (χ4n) is 5.15. The number of Topliss-reactive ketones (excluding diaryl/α,β-unsaturated/α-hetero) is 2. The molecule has 3 saturated carbocycles. The molecule has 3 fully saturated rings. The lowest BCUT2D eigenvalue weighted by Crippen LogP contribution is -2.20. The van der Waals surface area contributed by atoms with Crippen molar-refractivity contribution in [3.8, 4) is 0 Å². The molecule has 3 aliphatic carbocycles. The molecule has 0 aliphatic heterocycles. The summed E-state index contributed by atoms with van der Waals surface area (Å²) in [7, 11) is -2.08. The van der Waals surface area contributed by atoms with E-state index in [1.54, 1.807) is 12.1 Å². The number of carbonyl (C=O) groups is 3. The first-order valence-electron chi connectivity index (χ1n) is 12.6. The third-order valence-electron chi connectivity index (χ3n) is 7.48. The Morgan fingerprint density at radius 2 is 1.86 bits per heavy atom. The maximum atomic E-state index is 13.6. The van der Waals surface area contributed by atoms with Crippen LogP contribution in [0.15, 0.2) is 35.5 Å². The number of sulfone groups is 1. The van der Waals surface area contributed by atoms with Crippen LogP contribution in [0, 0.1) is 5.92 Å². The van der Waals surface area contributed by atoms with E-state index in [2.05, 4.69) is 14.7 Å². The number of rotatable bonds is 10. The van der Waals surface area contributed by atoms with Crippen LogP contribution < -0.4 is 0 Å². The highest BCUT2D eigenvalue weighted by Gasteiger charge is 2.41. The average Bonchev–Trinajstić information content (AvgIpc) is 3.79. The maximum Gasteiger partial charge on any atom is 0.358 e. The van der Waals surface area contributed by atoms with E-state index in [0.29, 0.717) is 42.7 Å². The van der Waals surface area contributed by atoms with Crippen LogP contribution in [-0.2, 0) is 30.6 Å². The summed E-state index contributed by atoms with van der Waals surface area (Å²) >= 11 is 0. The van der Waals surface area contributed by atoms with Crippen molar-refractivity contribution in [2.24, 2.45) is 5.92 Å². The highest BCUT2D eigenvalue weighted by atomic mass is 32.2. The average molecular weight is 511 g/mol. The summed E-state index contributed by atoms with van der Waals surface area (Å²) in [6, 6.07) is 5.41. The number of hydrogen-bond acceptors (Lipinski definition) is 8. The summed E-state index contributed by atoms with van der Waals surface area (Å²) < 4.78 is 30.8. The van der Waals surface area contributed by atoms with Crippen molar-refractivity contribution in [3.05, 3.63) is 53.1 Å². The van der Waals surface area contributed by atoms with E-state index in [1.165, 1.54) is 19.5 Å². The van der Waals surface area contributed by atoms with Gasteiger partial charge in [-0.3, -0.25) is 14.6 Å². The third-order valence-corrected chi connectivity index (χ3v) is 9.82. The number of carbonyl (C=O) groups excluding carboxylic acids is 3. The maximum absolute atomic E-state index is 13.6. The fourth-order valence-corrected chi connectivity index (χ4v) is 7.08. The van der Waals surface area contributed by atoms with Gasteiger partial charge in [0.25, 0.3) is 0 Å². The van der Waals surface area contributed by atoms with Crippen LogP contribution in [0.2, 0.25) is 0 Å². The Bertz CT molecular complexity index is 1300. The molecule has 9 heteroatoms. The second kappa shape index (κ2) is 9.84. The van der Waals surface area contributed by atoms with Gasteiger partial charge in [-0.05, 0) is 67.6 Å². The molecule has 2 aromatic rings. The fraction of sp³-hybridized carbons (Fsp3) is 0.519. The zero-order valence-corrected chi connectivity index (χ0v) is 21.1. The van der Waals surface area contributed by atoms with Crippen LogP contribution in [0.25, 0.3) is 0 Å². The highest BCUT2D eigenvalue weighted by Crippen LogP contribution is 2.47. The molecular weight excluding hydrogens is 480 g/mol. The van der Waals surface area contributed by atoms with Crippen molar-refractivity contribution < 1.29 is 27.5 Å². The first-order chi connectivity index (χ1) is 17.3. The van der Waals surface area contributed by atoms with E-state index in [4.69, 9.17) is 0 Å². The van der Waals surface area contributed by atoms with Gasteiger partial charge in [-0.1, -0.05) is 12.1 Å². The minimum absolute atomic E-state index is 0.0284. The molecule has 0 radical (unpaired) electrons. The summed E-state index contributed by atoms with van der Waals surface area (Å²) in [5, 5.41) is -0.283. The Morgan fingerprint density at radius 3 is 2.44 bits per heavy atom. The van der Waals surface area contributed by atoms with E-state index < -0.39 is 21.7 Å². The molecule has 190 valence electrons. The highest BCUT2D eigenvalue weighted by molar-refractivity contribution is 7.92. The lowest BCUT2D eigenvalue weighted by Gasteiger charge is -2.21. The number of ether oxygens (including phenoxy) is 1. The van der Waals surface area contributed by atoms with Crippen LogP contribution in [0.3, 0.4) is 0 Å².